The Bertz CT molecular complexity index is 391. The highest BCUT2D eigenvalue weighted by Gasteiger charge is 2.59. The van der Waals surface area contributed by atoms with Crippen LogP contribution in [0, 0.1) is 0 Å². The third-order valence-corrected chi connectivity index (χ3v) is 1.81. The maximum Gasteiger partial charge on any atom is 0.434 e. The van der Waals surface area contributed by atoms with Gasteiger partial charge in [0.1, 0.15) is 0 Å². The molecule has 10 heteroatoms. The van der Waals surface area contributed by atoms with Gasteiger partial charge in [0.2, 0.25) is 5.88 Å². The van der Waals surface area contributed by atoms with Crippen molar-refractivity contribution in [3.63, 3.8) is 0 Å². The van der Waals surface area contributed by atoms with Gasteiger partial charge < -0.3 is 10.5 Å². The lowest BCUT2D eigenvalue weighted by atomic mass is 10.3. The van der Waals surface area contributed by atoms with E-state index in [2.05, 4.69) is 14.9 Å². The van der Waals surface area contributed by atoms with Crippen molar-refractivity contribution in [2.75, 3.05) is 0 Å². The van der Waals surface area contributed by atoms with Crippen molar-refractivity contribution in [1.82, 2.24) is 10.2 Å². The van der Waals surface area contributed by atoms with E-state index >= 15 is 0 Å². The lowest BCUT2D eigenvalue weighted by Gasteiger charge is -2.23. The van der Waals surface area contributed by atoms with E-state index in [9.17, 15) is 26.3 Å². The van der Waals surface area contributed by atoms with Gasteiger partial charge in [-0.15, -0.1) is 5.10 Å². The van der Waals surface area contributed by atoms with E-state index in [-0.39, 0.29) is 12.1 Å². The first-order valence-corrected chi connectivity index (χ1v) is 4.47. The average molecular weight is 275 g/mol. The molecule has 0 spiro atoms. The predicted molar refractivity (Wildman–Crippen MR) is 46.4 cm³/mol. The zero-order valence-electron chi connectivity index (χ0n) is 8.59. The molecule has 0 bridgehead atoms. The highest BCUT2D eigenvalue weighted by molar-refractivity contribution is 5.23. The summed E-state index contributed by atoms with van der Waals surface area (Å²) in [4.78, 5) is 0. The van der Waals surface area contributed by atoms with Crippen LogP contribution in [0.5, 0.6) is 5.88 Å². The highest BCUT2D eigenvalue weighted by Crippen LogP contribution is 2.36. The molecule has 0 saturated carbocycles. The van der Waals surface area contributed by atoms with Crippen LogP contribution in [0.2, 0.25) is 0 Å². The Morgan fingerprint density at radius 2 is 1.72 bits per heavy atom. The standard InChI is InChI=1S/C8H7F6N3O/c9-7(10,11)6(8(12,13)14)18-5-4(3-15)1-2-16-17-5/h1-2,6H,3,15H2. The molecule has 1 aromatic rings. The van der Waals surface area contributed by atoms with E-state index in [1.54, 1.807) is 0 Å². The number of hydrogen-bond donors (Lipinski definition) is 1. The summed E-state index contributed by atoms with van der Waals surface area (Å²) in [5.41, 5.74) is 5.03. The Hall–Kier alpha value is -1.58. The van der Waals surface area contributed by atoms with Crippen molar-refractivity contribution < 1.29 is 31.1 Å². The van der Waals surface area contributed by atoms with Gasteiger partial charge in [0.05, 0.1) is 6.20 Å². The van der Waals surface area contributed by atoms with Crippen LogP contribution >= 0.6 is 0 Å². The molecule has 0 aliphatic rings. The van der Waals surface area contributed by atoms with Gasteiger partial charge in [-0.05, 0) is 6.07 Å². The number of ether oxygens (including phenoxy) is 1. The van der Waals surface area contributed by atoms with Crippen LogP contribution in [0.25, 0.3) is 0 Å². The summed E-state index contributed by atoms with van der Waals surface area (Å²) in [6.45, 7) is -0.326. The maximum atomic E-state index is 12.2. The molecule has 0 amide bonds. The summed E-state index contributed by atoms with van der Waals surface area (Å²) in [5.74, 6) is -0.889. The summed E-state index contributed by atoms with van der Waals surface area (Å²) in [6, 6.07) is 1.12. The Balaban J connectivity index is 3.05. The fourth-order valence-electron chi connectivity index (χ4n) is 1.03. The van der Waals surface area contributed by atoms with Gasteiger partial charge in [-0.2, -0.15) is 31.4 Å². The topological polar surface area (TPSA) is 61.0 Å². The number of halogens is 6. The molecule has 0 atom stereocenters. The number of hydrogen-bond acceptors (Lipinski definition) is 4. The molecule has 0 aliphatic heterocycles. The first-order valence-electron chi connectivity index (χ1n) is 4.47. The van der Waals surface area contributed by atoms with E-state index in [4.69, 9.17) is 5.73 Å². The Morgan fingerprint density at radius 3 is 2.17 bits per heavy atom. The largest absolute Gasteiger partial charge is 0.453 e. The molecule has 18 heavy (non-hydrogen) atoms. The monoisotopic (exact) mass is 275 g/mol. The summed E-state index contributed by atoms with van der Waals surface area (Å²) >= 11 is 0. The Labute approximate surface area is 96.7 Å². The summed E-state index contributed by atoms with van der Waals surface area (Å²) in [6.07, 6.45) is -14.1. The van der Waals surface area contributed by atoms with Gasteiger partial charge in [-0.25, -0.2) is 0 Å². The van der Waals surface area contributed by atoms with Gasteiger partial charge in [-0.1, -0.05) is 0 Å². The van der Waals surface area contributed by atoms with Crippen molar-refractivity contribution in [2.45, 2.75) is 25.0 Å². The molecule has 2 N–H and O–H groups in total. The first-order chi connectivity index (χ1) is 8.16. The van der Waals surface area contributed by atoms with Gasteiger partial charge in [-0.3, -0.25) is 0 Å². The molecule has 1 heterocycles. The zero-order chi connectivity index (χ0) is 14.0. The fraction of sp³-hybridized carbons (Fsp3) is 0.500. The molecular weight excluding hydrogens is 268 g/mol. The van der Waals surface area contributed by atoms with E-state index in [1.165, 1.54) is 0 Å². The van der Waals surface area contributed by atoms with Crippen LogP contribution in [0.3, 0.4) is 0 Å². The van der Waals surface area contributed by atoms with Gasteiger partial charge in [0, 0.05) is 12.1 Å². The zero-order valence-corrected chi connectivity index (χ0v) is 8.59. The molecule has 0 fully saturated rings. The Morgan fingerprint density at radius 1 is 1.17 bits per heavy atom. The smallest absolute Gasteiger partial charge is 0.434 e. The van der Waals surface area contributed by atoms with Crippen LogP contribution in [-0.2, 0) is 6.54 Å². The van der Waals surface area contributed by atoms with Gasteiger partial charge in [0.25, 0.3) is 6.10 Å². The molecule has 4 nitrogen and oxygen atoms in total. The third kappa shape index (κ3) is 3.45. The van der Waals surface area contributed by atoms with Crippen LogP contribution in [0.1, 0.15) is 5.56 Å². The summed E-state index contributed by atoms with van der Waals surface area (Å²) in [5, 5.41) is 6.21. The van der Waals surface area contributed by atoms with E-state index in [0.29, 0.717) is 0 Å². The fourth-order valence-corrected chi connectivity index (χ4v) is 1.03. The normalized spacial score (nSPS) is 12.9. The molecule has 1 aromatic heterocycles. The van der Waals surface area contributed by atoms with Gasteiger partial charge >= 0.3 is 12.4 Å². The third-order valence-electron chi connectivity index (χ3n) is 1.81. The van der Waals surface area contributed by atoms with E-state index in [0.717, 1.165) is 12.3 Å². The van der Waals surface area contributed by atoms with Crippen molar-refractivity contribution in [3.05, 3.63) is 17.8 Å². The lowest BCUT2D eigenvalue weighted by Crippen LogP contribution is -2.47. The van der Waals surface area contributed by atoms with Crippen molar-refractivity contribution >= 4 is 0 Å². The van der Waals surface area contributed by atoms with Crippen LogP contribution in [-0.4, -0.2) is 28.7 Å². The number of nitrogens with zero attached hydrogens (tertiary/aromatic N) is 2. The predicted octanol–water partition coefficient (Wildman–Crippen LogP) is 1.81. The number of nitrogens with two attached hydrogens (primary N) is 1. The number of rotatable bonds is 3. The average Bonchev–Trinajstić information content (AvgIpc) is 2.23. The maximum absolute atomic E-state index is 12.2. The van der Waals surface area contributed by atoms with Crippen molar-refractivity contribution in [3.8, 4) is 5.88 Å². The SMILES string of the molecule is NCc1ccnnc1OC(C(F)(F)F)C(F)(F)F. The van der Waals surface area contributed by atoms with Crippen LogP contribution in [0.15, 0.2) is 12.3 Å². The molecule has 0 saturated heterocycles. The number of alkyl halides is 6. The van der Waals surface area contributed by atoms with Crippen molar-refractivity contribution in [1.29, 1.82) is 0 Å². The number of aromatic nitrogens is 2. The highest BCUT2D eigenvalue weighted by atomic mass is 19.4. The molecule has 0 radical (unpaired) electrons. The van der Waals surface area contributed by atoms with Crippen LogP contribution < -0.4 is 10.5 Å². The minimum Gasteiger partial charge on any atom is -0.453 e. The van der Waals surface area contributed by atoms with Crippen molar-refractivity contribution in [2.24, 2.45) is 5.73 Å². The molecule has 0 aromatic carbocycles. The minimum atomic E-state index is -5.61. The molecular formula is C8H7F6N3O. The molecule has 102 valence electrons. The molecule has 0 aliphatic carbocycles. The molecule has 1 rings (SSSR count). The quantitative estimate of drug-likeness (QED) is 0.854. The van der Waals surface area contributed by atoms with E-state index in [1.807, 2.05) is 0 Å². The summed E-state index contributed by atoms with van der Waals surface area (Å²) < 4.78 is 77.1. The first kappa shape index (κ1) is 14.5. The second-order valence-electron chi connectivity index (χ2n) is 3.15. The Kier molecular flexibility index (Phi) is 3.99. The van der Waals surface area contributed by atoms with Gasteiger partial charge in [0.15, 0.2) is 0 Å². The summed E-state index contributed by atoms with van der Waals surface area (Å²) in [7, 11) is 0. The van der Waals surface area contributed by atoms with Crippen LogP contribution in [0.4, 0.5) is 26.3 Å². The van der Waals surface area contributed by atoms with E-state index < -0.39 is 24.3 Å². The lowest BCUT2D eigenvalue weighted by molar-refractivity contribution is -0.300. The second kappa shape index (κ2) is 4.96. The molecule has 0 unspecified atom stereocenters. The minimum absolute atomic E-state index is 0.108. The second-order valence-corrected chi connectivity index (χ2v) is 3.15.